The predicted molar refractivity (Wildman–Crippen MR) is 77.1 cm³/mol. The lowest BCUT2D eigenvalue weighted by Gasteiger charge is -2.07. The van der Waals surface area contributed by atoms with E-state index >= 15 is 0 Å². The summed E-state index contributed by atoms with van der Waals surface area (Å²) in [5.74, 6) is -0.0613. The molecule has 2 rings (SSSR count). The van der Waals surface area contributed by atoms with Crippen LogP contribution in [0.15, 0.2) is 46.6 Å². The Labute approximate surface area is 121 Å². The van der Waals surface area contributed by atoms with Crippen molar-refractivity contribution in [1.82, 2.24) is 0 Å². The predicted octanol–water partition coefficient (Wildman–Crippen LogP) is 3.79. The molecule has 0 bridgehead atoms. The molecule has 2 aromatic rings. The van der Waals surface area contributed by atoms with E-state index in [9.17, 15) is 4.79 Å². The third kappa shape index (κ3) is 3.28. The summed E-state index contributed by atoms with van der Waals surface area (Å²) in [6.45, 7) is 1.84. The van der Waals surface area contributed by atoms with Crippen LogP contribution >= 0.6 is 11.6 Å². The maximum atomic E-state index is 12.0. The highest BCUT2D eigenvalue weighted by Crippen LogP contribution is 2.21. The zero-order chi connectivity index (χ0) is 14.5. The van der Waals surface area contributed by atoms with E-state index in [1.54, 1.807) is 30.3 Å². The molecule has 0 fully saturated rings. The number of hydrogen-bond acceptors (Lipinski definition) is 3. The van der Waals surface area contributed by atoms with Crippen molar-refractivity contribution in [2.45, 2.75) is 6.92 Å². The van der Waals surface area contributed by atoms with Crippen molar-refractivity contribution < 1.29 is 9.21 Å². The van der Waals surface area contributed by atoms with Crippen LogP contribution in [-0.2, 0) is 4.79 Å². The van der Waals surface area contributed by atoms with Gasteiger partial charge in [-0.1, -0.05) is 17.7 Å². The van der Waals surface area contributed by atoms with Crippen LogP contribution in [0.4, 0.5) is 5.69 Å². The zero-order valence-electron chi connectivity index (χ0n) is 10.7. The Kier molecular flexibility index (Phi) is 4.24. The van der Waals surface area contributed by atoms with E-state index in [4.69, 9.17) is 21.3 Å². The van der Waals surface area contributed by atoms with E-state index in [1.807, 2.05) is 13.0 Å². The Balaban J connectivity index is 2.23. The van der Waals surface area contributed by atoms with Gasteiger partial charge in [0.05, 0.1) is 6.26 Å². The average molecular weight is 287 g/mol. The average Bonchev–Trinajstić information content (AvgIpc) is 2.93. The maximum absolute atomic E-state index is 12.0. The van der Waals surface area contributed by atoms with Gasteiger partial charge < -0.3 is 9.73 Å². The smallest absolute Gasteiger partial charge is 0.266 e. The van der Waals surface area contributed by atoms with Gasteiger partial charge in [0.15, 0.2) is 0 Å². The van der Waals surface area contributed by atoms with Crippen LogP contribution in [0.5, 0.6) is 0 Å². The van der Waals surface area contributed by atoms with E-state index in [0.717, 1.165) is 5.56 Å². The Morgan fingerprint density at radius 2 is 2.25 bits per heavy atom. The van der Waals surface area contributed by atoms with E-state index in [-0.39, 0.29) is 5.57 Å². The van der Waals surface area contributed by atoms with Crippen molar-refractivity contribution in [3.05, 3.63) is 58.5 Å². The molecule has 0 aliphatic heterocycles. The number of nitrogens with one attached hydrogen (secondary N) is 1. The fourth-order valence-corrected chi connectivity index (χ4v) is 1.75. The number of carbonyl (C=O) groups is 1. The Morgan fingerprint density at radius 3 is 2.90 bits per heavy atom. The summed E-state index contributed by atoms with van der Waals surface area (Å²) in [6.07, 6.45) is 2.86. The normalized spacial score (nSPS) is 10.9. The number of aryl methyl sites for hydroxylation is 1. The first-order chi connectivity index (χ1) is 9.60. The topological polar surface area (TPSA) is 66.0 Å². The van der Waals surface area contributed by atoms with Crippen molar-refractivity contribution in [2.75, 3.05) is 5.32 Å². The minimum Gasteiger partial charge on any atom is -0.465 e. The molecule has 1 N–H and O–H groups in total. The van der Waals surface area contributed by atoms with Crippen LogP contribution in [-0.4, -0.2) is 5.91 Å². The van der Waals surface area contributed by atoms with Gasteiger partial charge in [0.25, 0.3) is 5.91 Å². The van der Waals surface area contributed by atoms with Crippen LogP contribution < -0.4 is 5.32 Å². The summed E-state index contributed by atoms with van der Waals surface area (Å²) in [4.78, 5) is 12.0. The summed E-state index contributed by atoms with van der Waals surface area (Å²) >= 11 is 5.88. The molecule has 0 unspecified atom stereocenters. The number of rotatable bonds is 3. The number of nitriles is 1. The first kappa shape index (κ1) is 13.9. The zero-order valence-corrected chi connectivity index (χ0v) is 11.4. The van der Waals surface area contributed by atoms with Crippen LogP contribution in [0, 0.1) is 18.3 Å². The molecule has 1 heterocycles. The number of anilines is 1. The molecule has 0 saturated carbocycles. The monoisotopic (exact) mass is 286 g/mol. The van der Waals surface area contributed by atoms with Gasteiger partial charge in [-0.15, -0.1) is 0 Å². The second-order valence-electron chi connectivity index (χ2n) is 4.10. The van der Waals surface area contributed by atoms with Crippen molar-refractivity contribution in [2.24, 2.45) is 0 Å². The summed E-state index contributed by atoms with van der Waals surface area (Å²) in [7, 11) is 0. The molecule has 0 spiro atoms. The minimum absolute atomic E-state index is 0.0423. The first-order valence-electron chi connectivity index (χ1n) is 5.83. The lowest BCUT2D eigenvalue weighted by atomic mass is 10.1. The van der Waals surface area contributed by atoms with Gasteiger partial charge in [0.1, 0.15) is 17.4 Å². The minimum atomic E-state index is -0.505. The summed E-state index contributed by atoms with van der Waals surface area (Å²) in [5, 5.41) is 12.2. The first-order valence-corrected chi connectivity index (χ1v) is 6.21. The van der Waals surface area contributed by atoms with Gasteiger partial charge in [-0.2, -0.15) is 5.26 Å². The van der Waals surface area contributed by atoms with Gasteiger partial charge in [-0.05, 0) is 36.8 Å². The highest BCUT2D eigenvalue weighted by Gasteiger charge is 2.11. The second kappa shape index (κ2) is 6.09. The standard InChI is InChI=1S/C15H11ClN2O2/c1-10-4-5-12(16)8-14(10)18-15(19)11(9-17)7-13-3-2-6-20-13/h2-8H,1H3,(H,18,19)/b11-7+. The summed E-state index contributed by atoms with van der Waals surface area (Å²) in [5.41, 5.74) is 1.39. The highest BCUT2D eigenvalue weighted by molar-refractivity contribution is 6.31. The Bertz CT molecular complexity index is 697. The fraction of sp³-hybridized carbons (Fsp3) is 0.0667. The van der Waals surface area contributed by atoms with Gasteiger partial charge in [0, 0.05) is 16.8 Å². The van der Waals surface area contributed by atoms with E-state index in [0.29, 0.717) is 16.5 Å². The van der Waals surface area contributed by atoms with Crippen molar-refractivity contribution in [1.29, 1.82) is 5.26 Å². The van der Waals surface area contributed by atoms with Gasteiger partial charge in [-0.25, -0.2) is 0 Å². The number of benzene rings is 1. The molecular weight excluding hydrogens is 276 g/mol. The van der Waals surface area contributed by atoms with Crippen LogP contribution in [0.3, 0.4) is 0 Å². The Hall–Kier alpha value is -2.51. The van der Waals surface area contributed by atoms with E-state index in [1.165, 1.54) is 12.3 Å². The molecule has 0 radical (unpaired) electrons. The molecule has 1 aromatic carbocycles. The van der Waals surface area contributed by atoms with Crippen LogP contribution in [0.1, 0.15) is 11.3 Å². The molecule has 0 saturated heterocycles. The van der Waals surface area contributed by atoms with Gasteiger partial charge >= 0.3 is 0 Å². The van der Waals surface area contributed by atoms with Crippen molar-refractivity contribution in [3.8, 4) is 6.07 Å². The maximum Gasteiger partial charge on any atom is 0.266 e. The number of halogens is 1. The molecule has 1 amide bonds. The summed E-state index contributed by atoms with van der Waals surface area (Å²) < 4.78 is 5.08. The van der Waals surface area contributed by atoms with Crippen LogP contribution in [0.25, 0.3) is 6.08 Å². The third-order valence-electron chi connectivity index (χ3n) is 2.64. The molecule has 20 heavy (non-hydrogen) atoms. The highest BCUT2D eigenvalue weighted by atomic mass is 35.5. The largest absolute Gasteiger partial charge is 0.465 e. The molecule has 4 nitrogen and oxygen atoms in total. The van der Waals surface area contributed by atoms with E-state index in [2.05, 4.69) is 5.32 Å². The second-order valence-corrected chi connectivity index (χ2v) is 4.54. The fourth-order valence-electron chi connectivity index (χ4n) is 1.58. The van der Waals surface area contributed by atoms with Crippen LogP contribution in [0.2, 0.25) is 5.02 Å². The van der Waals surface area contributed by atoms with Crippen molar-refractivity contribution >= 4 is 29.3 Å². The molecular formula is C15H11ClN2O2. The summed E-state index contributed by atoms with van der Waals surface area (Å²) in [6, 6.07) is 10.4. The number of furan rings is 1. The number of hydrogen-bond donors (Lipinski definition) is 1. The molecule has 5 heteroatoms. The lowest BCUT2D eigenvalue weighted by molar-refractivity contribution is -0.112. The Morgan fingerprint density at radius 1 is 1.45 bits per heavy atom. The molecule has 0 aliphatic carbocycles. The quantitative estimate of drug-likeness (QED) is 0.689. The number of nitrogens with zero attached hydrogens (tertiary/aromatic N) is 1. The molecule has 0 atom stereocenters. The molecule has 100 valence electrons. The third-order valence-corrected chi connectivity index (χ3v) is 2.88. The lowest BCUT2D eigenvalue weighted by Crippen LogP contribution is -2.14. The molecule has 1 aromatic heterocycles. The van der Waals surface area contributed by atoms with Crippen molar-refractivity contribution in [3.63, 3.8) is 0 Å². The number of carbonyl (C=O) groups excluding carboxylic acids is 1. The molecule has 0 aliphatic rings. The van der Waals surface area contributed by atoms with Gasteiger partial charge in [0.2, 0.25) is 0 Å². The SMILES string of the molecule is Cc1ccc(Cl)cc1NC(=O)/C(C#N)=C/c1ccco1. The van der Waals surface area contributed by atoms with E-state index < -0.39 is 5.91 Å². The van der Waals surface area contributed by atoms with Gasteiger partial charge in [-0.3, -0.25) is 4.79 Å². The number of amides is 1.